The summed E-state index contributed by atoms with van der Waals surface area (Å²) in [5.74, 6) is 0.217. The van der Waals surface area contributed by atoms with Crippen LogP contribution in [0, 0.1) is 0 Å². The Kier molecular flexibility index (Phi) is 3.16. The summed E-state index contributed by atoms with van der Waals surface area (Å²) in [5, 5.41) is 0.778. The van der Waals surface area contributed by atoms with Crippen LogP contribution in [0.15, 0.2) is 17.1 Å². The molecule has 0 amide bonds. The van der Waals surface area contributed by atoms with Crippen LogP contribution in [0.2, 0.25) is 0 Å². The van der Waals surface area contributed by atoms with E-state index in [1.54, 1.807) is 12.3 Å². The molecule has 6 nitrogen and oxygen atoms in total. The molecule has 0 atom stereocenters. The molecule has 2 rings (SSSR count). The van der Waals surface area contributed by atoms with Gasteiger partial charge in [0.25, 0.3) is 0 Å². The molecule has 2 heterocycles. The van der Waals surface area contributed by atoms with Crippen LogP contribution in [-0.4, -0.2) is 45.8 Å². The Hall–Kier alpha value is -1.47. The van der Waals surface area contributed by atoms with Gasteiger partial charge in [-0.2, -0.15) is 4.98 Å². The van der Waals surface area contributed by atoms with E-state index in [1.807, 2.05) is 4.90 Å². The monoisotopic (exact) mass is 227 g/mol. The van der Waals surface area contributed by atoms with Crippen molar-refractivity contribution in [3.63, 3.8) is 0 Å². The predicted molar refractivity (Wildman–Crippen MR) is 57.2 cm³/mol. The maximum atomic E-state index is 12.7. The van der Waals surface area contributed by atoms with E-state index in [0.29, 0.717) is 32.8 Å². The highest BCUT2D eigenvalue weighted by molar-refractivity contribution is 5.23. The number of hydrogen-bond donors (Lipinski definition) is 1. The lowest BCUT2D eigenvalue weighted by Crippen LogP contribution is -2.45. The van der Waals surface area contributed by atoms with Crippen molar-refractivity contribution >= 4 is 5.82 Å². The van der Waals surface area contributed by atoms with E-state index in [4.69, 9.17) is 5.73 Å². The summed E-state index contributed by atoms with van der Waals surface area (Å²) >= 11 is 0. The number of halogens is 1. The highest BCUT2D eigenvalue weighted by Gasteiger charge is 2.16. The molecule has 16 heavy (non-hydrogen) atoms. The average molecular weight is 227 g/mol. The Morgan fingerprint density at radius 2 is 2.06 bits per heavy atom. The number of piperazine rings is 1. The minimum absolute atomic E-state index is 0.217. The summed E-state index contributed by atoms with van der Waals surface area (Å²) in [5.41, 5.74) is 5.01. The number of nitrogens with two attached hydrogens (primary N) is 1. The van der Waals surface area contributed by atoms with Crippen molar-refractivity contribution in [3.05, 3.63) is 22.7 Å². The van der Waals surface area contributed by atoms with Gasteiger partial charge in [-0.1, -0.05) is 0 Å². The molecule has 0 bridgehead atoms. The van der Waals surface area contributed by atoms with Crippen LogP contribution in [-0.2, 0) is 6.67 Å². The molecule has 0 aliphatic carbocycles. The molecule has 1 saturated heterocycles. The lowest BCUT2D eigenvalue weighted by molar-refractivity contribution is -0.0291. The fourth-order valence-electron chi connectivity index (χ4n) is 1.63. The molecule has 0 saturated carbocycles. The van der Waals surface area contributed by atoms with E-state index >= 15 is 0 Å². The lowest BCUT2D eigenvalue weighted by Gasteiger charge is -2.29. The first-order valence-electron chi connectivity index (χ1n) is 5.11. The summed E-state index contributed by atoms with van der Waals surface area (Å²) < 4.78 is 14.2. The highest BCUT2D eigenvalue weighted by Crippen LogP contribution is 2.02. The van der Waals surface area contributed by atoms with Crippen molar-refractivity contribution in [2.24, 2.45) is 0 Å². The third-order valence-corrected chi connectivity index (χ3v) is 2.57. The molecule has 88 valence electrons. The molecule has 0 spiro atoms. The summed E-state index contributed by atoms with van der Waals surface area (Å²) in [6.07, 6.45) is 1.60. The van der Waals surface area contributed by atoms with E-state index in [0.717, 1.165) is 5.12 Å². The van der Waals surface area contributed by atoms with Crippen LogP contribution < -0.4 is 11.4 Å². The first kappa shape index (κ1) is 11.0. The van der Waals surface area contributed by atoms with Crippen molar-refractivity contribution in [2.75, 3.05) is 31.9 Å². The van der Waals surface area contributed by atoms with Crippen molar-refractivity contribution in [2.45, 2.75) is 6.67 Å². The molecule has 1 aliphatic rings. The zero-order valence-electron chi connectivity index (χ0n) is 8.84. The first-order chi connectivity index (χ1) is 7.65. The fourth-order valence-corrected chi connectivity index (χ4v) is 1.63. The quantitative estimate of drug-likeness (QED) is 0.676. The SMILES string of the molecule is Nc1ccn(CN2CCN(F)CC2)c(=O)n1. The van der Waals surface area contributed by atoms with Crippen LogP contribution in [0.25, 0.3) is 0 Å². The van der Waals surface area contributed by atoms with Crippen molar-refractivity contribution in [3.8, 4) is 0 Å². The molecule has 2 N–H and O–H groups in total. The number of aromatic nitrogens is 2. The van der Waals surface area contributed by atoms with Gasteiger partial charge in [0, 0.05) is 32.4 Å². The largest absolute Gasteiger partial charge is 0.383 e. The molecular formula is C9H14FN5O. The van der Waals surface area contributed by atoms with Gasteiger partial charge in [0.15, 0.2) is 0 Å². The topological polar surface area (TPSA) is 67.4 Å². The molecule has 0 aromatic carbocycles. The van der Waals surface area contributed by atoms with Crippen molar-refractivity contribution < 1.29 is 4.48 Å². The number of hydrogen-bond acceptors (Lipinski definition) is 5. The van der Waals surface area contributed by atoms with Crippen molar-refractivity contribution in [1.82, 2.24) is 19.6 Å². The molecular weight excluding hydrogens is 213 g/mol. The smallest absolute Gasteiger partial charge is 0.350 e. The van der Waals surface area contributed by atoms with Gasteiger partial charge in [0.1, 0.15) is 5.82 Å². The zero-order chi connectivity index (χ0) is 11.5. The van der Waals surface area contributed by atoms with E-state index in [9.17, 15) is 9.28 Å². The summed E-state index contributed by atoms with van der Waals surface area (Å²) in [6.45, 7) is 2.38. The lowest BCUT2D eigenvalue weighted by atomic mass is 10.4. The number of rotatable bonds is 2. The van der Waals surface area contributed by atoms with Crippen LogP contribution >= 0.6 is 0 Å². The molecule has 1 aromatic heterocycles. The van der Waals surface area contributed by atoms with Gasteiger partial charge in [-0.15, -0.1) is 9.60 Å². The predicted octanol–water partition coefficient (Wildman–Crippen LogP) is -0.715. The second-order valence-electron chi connectivity index (χ2n) is 3.77. The third-order valence-electron chi connectivity index (χ3n) is 2.57. The maximum absolute atomic E-state index is 12.7. The van der Waals surface area contributed by atoms with Crippen LogP contribution in [0.4, 0.5) is 10.3 Å². The maximum Gasteiger partial charge on any atom is 0.350 e. The Bertz CT molecular complexity index is 413. The Morgan fingerprint density at radius 3 is 2.69 bits per heavy atom. The summed E-state index contributed by atoms with van der Waals surface area (Å²) in [7, 11) is 0. The molecule has 7 heteroatoms. The summed E-state index contributed by atoms with van der Waals surface area (Å²) in [6, 6.07) is 1.58. The zero-order valence-corrected chi connectivity index (χ0v) is 8.84. The van der Waals surface area contributed by atoms with Gasteiger partial charge >= 0.3 is 5.69 Å². The number of anilines is 1. The van der Waals surface area contributed by atoms with E-state index < -0.39 is 0 Å². The summed E-state index contributed by atoms with van der Waals surface area (Å²) in [4.78, 5) is 17.1. The third kappa shape index (κ3) is 2.56. The van der Waals surface area contributed by atoms with Gasteiger partial charge in [-0.25, -0.2) is 4.79 Å². The molecule has 0 unspecified atom stereocenters. The van der Waals surface area contributed by atoms with E-state index in [1.165, 1.54) is 4.57 Å². The van der Waals surface area contributed by atoms with Gasteiger partial charge < -0.3 is 5.73 Å². The number of nitrogen functional groups attached to an aromatic ring is 1. The van der Waals surface area contributed by atoms with Gasteiger partial charge in [0.05, 0.1) is 6.67 Å². The van der Waals surface area contributed by atoms with E-state index in [-0.39, 0.29) is 11.5 Å². The molecule has 1 aliphatic heterocycles. The van der Waals surface area contributed by atoms with Gasteiger partial charge in [-0.05, 0) is 6.07 Å². The normalized spacial score (nSPS) is 18.8. The Labute approximate surface area is 92.0 Å². The molecule has 0 radical (unpaired) electrons. The van der Waals surface area contributed by atoms with Gasteiger partial charge in [0.2, 0.25) is 0 Å². The van der Waals surface area contributed by atoms with E-state index in [2.05, 4.69) is 4.98 Å². The minimum atomic E-state index is -0.373. The molecule has 1 aromatic rings. The Morgan fingerprint density at radius 1 is 1.38 bits per heavy atom. The Balaban J connectivity index is 2.01. The number of nitrogens with zero attached hydrogens (tertiary/aromatic N) is 4. The van der Waals surface area contributed by atoms with Crippen LogP contribution in [0.3, 0.4) is 0 Å². The second-order valence-corrected chi connectivity index (χ2v) is 3.77. The first-order valence-corrected chi connectivity index (χ1v) is 5.11. The second kappa shape index (κ2) is 4.58. The minimum Gasteiger partial charge on any atom is -0.383 e. The van der Waals surface area contributed by atoms with Gasteiger partial charge in [-0.3, -0.25) is 9.47 Å². The molecule has 1 fully saturated rings. The highest BCUT2D eigenvalue weighted by atomic mass is 19.2. The average Bonchev–Trinajstić information content (AvgIpc) is 2.25. The van der Waals surface area contributed by atoms with Crippen LogP contribution in [0.5, 0.6) is 0 Å². The van der Waals surface area contributed by atoms with Crippen LogP contribution in [0.1, 0.15) is 0 Å². The standard InChI is InChI=1S/C9H14FN5O/c10-15-5-3-13(4-6-15)7-14-2-1-8(11)12-9(14)16/h1-2H,3-7H2,(H2,11,12,16). The van der Waals surface area contributed by atoms with Crippen molar-refractivity contribution in [1.29, 1.82) is 0 Å². The fraction of sp³-hybridized carbons (Fsp3) is 0.556.